The molecule has 0 amide bonds. The predicted molar refractivity (Wildman–Crippen MR) is 58.0 cm³/mol. The highest BCUT2D eigenvalue weighted by atomic mass is 79.9. The monoisotopic (exact) mass is 258 g/mol. The van der Waals surface area contributed by atoms with Crippen LogP contribution in [-0.4, -0.2) is 28.3 Å². The van der Waals surface area contributed by atoms with Crippen LogP contribution in [0.25, 0.3) is 0 Å². The number of halogens is 1. The van der Waals surface area contributed by atoms with Crippen molar-refractivity contribution < 1.29 is 0 Å². The fraction of sp³-hybridized carbons (Fsp3) is 0.778. The minimum absolute atomic E-state index is 0.665. The first-order chi connectivity index (χ1) is 6.84. The summed E-state index contributed by atoms with van der Waals surface area (Å²) >= 11 is 3.23. The van der Waals surface area contributed by atoms with Gasteiger partial charge >= 0.3 is 0 Å². The molecule has 14 heavy (non-hydrogen) atoms. The number of aromatic amines is 1. The Morgan fingerprint density at radius 3 is 2.79 bits per heavy atom. The smallest absolute Gasteiger partial charge is 0.217 e. The van der Waals surface area contributed by atoms with E-state index in [9.17, 15) is 0 Å². The molecule has 1 fully saturated rings. The fourth-order valence-electron chi connectivity index (χ4n) is 1.90. The molecule has 2 rings (SSSR count). The van der Waals surface area contributed by atoms with E-state index in [1.807, 2.05) is 0 Å². The quantitative estimate of drug-likeness (QED) is 0.864. The maximum atomic E-state index is 4.23. The topological polar surface area (TPSA) is 53.6 Å². The summed E-state index contributed by atoms with van der Waals surface area (Å²) < 4.78 is 0.665. The van der Waals surface area contributed by atoms with Crippen LogP contribution in [0.2, 0.25) is 0 Å². The number of H-pyrrole nitrogens is 1. The van der Waals surface area contributed by atoms with Gasteiger partial charge in [0.15, 0.2) is 0 Å². The Kier molecular flexibility index (Phi) is 3.53. The molecule has 0 bridgehead atoms. The van der Waals surface area contributed by atoms with Crippen molar-refractivity contribution in [1.29, 1.82) is 0 Å². The standard InChI is InChI=1S/C9H15BrN4/c10-9-12-8(13-14-9)2-1-7-3-5-11-6-4-7/h7,11H,1-6H2,(H,12,13,14). The number of nitrogens with one attached hydrogen (secondary N) is 2. The van der Waals surface area contributed by atoms with Crippen LogP contribution in [0.3, 0.4) is 0 Å². The molecule has 1 saturated heterocycles. The average Bonchev–Trinajstić information content (AvgIpc) is 2.63. The Labute approximate surface area is 92.0 Å². The molecule has 5 heteroatoms. The third kappa shape index (κ3) is 2.78. The second-order valence-electron chi connectivity index (χ2n) is 3.78. The van der Waals surface area contributed by atoms with Gasteiger partial charge in [-0.1, -0.05) is 0 Å². The summed E-state index contributed by atoms with van der Waals surface area (Å²) in [6.45, 7) is 2.34. The van der Waals surface area contributed by atoms with Gasteiger partial charge in [0.05, 0.1) is 0 Å². The first-order valence-corrected chi connectivity index (χ1v) is 5.91. The molecular formula is C9H15BrN4. The SMILES string of the molecule is Brc1n[nH]c(CCC2CCNCC2)n1. The molecule has 1 aromatic rings. The van der Waals surface area contributed by atoms with E-state index >= 15 is 0 Å². The van der Waals surface area contributed by atoms with Crippen molar-refractivity contribution in [3.8, 4) is 0 Å². The van der Waals surface area contributed by atoms with E-state index in [0.717, 1.165) is 18.2 Å². The van der Waals surface area contributed by atoms with E-state index in [2.05, 4.69) is 36.4 Å². The highest BCUT2D eigenvalue weighted by Crippen LogP contribution is 2.17. The lowest BCUT2D eigenvalue weighted by atomic mass is 9.93. The molecule has 0 saturated carbocycles. The summed E-state index contributed by atoms with van der Waals surface area (Å²) in [6, 6.07) is 0. The number of hydrogen-bond acceptors (Lipinski definition) is 3. The third-order valence-electron chi connectivity index (χ3n) is 2.75. The largest absolute Gasteiger partial charge is 0.317 e. The summed E-state index contributed by atoms with van der Waals surface area (Å²) in [4.78, 5) is 4.23. The van der Waals surface area contributed by atoms with Gasteiger partial charge < -0.3 is 5.32 Å². The van der Waals surface area contributed by atoms with Gasteiger partial charge in [-0.25, -0.2) is 4.98 Å². The highest BCUT2D eigenvalue weighted by molar-refractivity contribution is 9.10. The molecule has 2 heterocycles. The van der Waals surface area contributed by atoms with Crippen molar-refractivity contribution in [2.75, 3.05) is 13.1 Å². The zero-order chi connectivity index (χ0) is 9.80. The molecule has 1 aromatic heterocycles. The minimum atomic E-state index is 0.665. The van der Waals surface area contributed by atoms with E-state index in [4.69, 9.17) is 0 Å². The van der Waals surface area contributed by atoms with Gasteiger partial charge in [0, 0.05) is 6.42 Å². The summed E-state index contributed by atoms with van der Waals surface area (Å²) in [5.41, 5.74) is 0. The Bertz CT molecular complexity index is 280. The Morgan fingerprint density at radius 2 is 2.14 bits per heavy atom. The number of hydrogen-bond donors (Lipinski definition) is 2. The van der Waals surface area contributed by atoms with Crippen molar-refractivity contribution in [1.82, 2.24) is 20.5 Å². The number of nitrogens with zero attached hydrogens (tertiary/aromatic N) is 2. The summed E-state index contributed by atoms with van der Waals surface area (Å²) in [7, 11) is 0. The molecule has 1 aliphatic heterocycles. The predicted octanol–water partition coefficient (Wildman–Crippen LogP) is 1.50. The lowest BCUT2D eigenvalue weighted by Crippen LogP contribution is -2.27. The molecule has 4 nitrogen and oxygen atoms in total. The van der Waals surface area contributed by atoms with E-state index in [0.29, 0.717) is 4.73 Å². The van der Waals surface area contributed by atoms with Crippen molar-refractivity contribution in [3.05, 3.63) is 10.6 Å². The van der Waals surface area contributed by atoms with Crippen LogP contribution in [0.1, 0.15) is 25.1 Å². The number of rotatable bonds is 3. The average molecular weight is 259 g/mol. The van der Waals surface area contributed by atoms with Gasteiger partial charge in [-0.2, -0.15) is 0 Å². The first kappa shape index (κ1) is 10.1. The Hall–Kier alpha value is -0.420. The molecule has 0 unspecified atom stereocenters. The highest BCUT2D eigenvalue weighted by Gasteiger charge is 2.13. The van der Waals surface area contributed by atoms with Gasteiger partial charge in [-0.3, -0.25) is 5.10 Å². The van der Waals surface area contributed by atoms with Crippen LogP contribution in [-0.2, 0) is 6.42 Å². The van der Waals surface area contributed by atoms with E-state index in [-0.39, 0.29) is 0 Å². The molecular weight excluding hydrogens is 244 g/mol. The maximum Gasteiger partial charge on any atom is 0.217 e. The van der Waals surface area contributed by atoms with Crippen molar-refractivity contribution >= 4 is 15.9 Å². The lowest BCUT2D eigenvalue weighted by molar-refractivity contribution is 0.352. The number of aromatic nitrogens is 3. The van der Waals surface area contributed by atoms with Crippen LogP contribution in [0.4, 0.5) is 0 Å². The normalized spacial score (nSPS) is 18.6. The van der Waals surface area contributed by atoms with E-state index in [1.165, 1.54) is 32.4 Å². The van der Waals surface area contributed by atoms with E-state index < -0.39 is 0 Å². The minimum Gasteiger partial charge on any atom is -0.317 e. The Balaban J connectivity index is 1.76. The first-order valence-electron chi connectivity index (χ1n) is 5.12. The van der Waals surface area contributed by atoms with Gasteiger partial charge in [0.2, 0.25) is 4.73 Å². The lowest BCUT2D eigenvalue weighted by Gasteiger charge is -2.21. The third-order valence-corrected chi connectivity index (χ3v) is 3.11. The number of aryl methyl sites for hydroxylation is 1. The van der Waals surface area contributed by atoms with Gasteiger partial charge in [0.1, 0.15) is 5.82 Å². The van der Waals surface area contributed by atoms with Crippen LogP contribution in [0.5, 0.6) is 0 Å². The van der Waals surface area contributed by atoms with Crippen LogP contribution in [0, 0.1) is 5.92 Å². The molecule has 0 radical (unpaired) electrons. The molecule has 0 spiro atoms. The molecule has 0 atom stereocenters. The van der Waals surface area contributed by atoms with Crippen LogP contribution in [0.15, 0.2) is 4.73 Å². The fourth-order valence-corrected chi connectivity index (χ4v) is 2.20. The zero-order valence-corrected chi connectivity index (χ0v) is 9.68. The molecule has 0 aliphatic carbocycles. The molecule has 2 N–H and O–H groups in total. The summed E-state index contributed by atoms with van der Waals surface area (Å²) in [5, 5.41) is 10.2. The summed E-state index contributed by atoms with van der Waals surface area (Å²) in [5.74, 6) is 1.86. The molecule has 1 aliphatic rings. The number of piperidine rings is 1. The maximum absolute atomic E-state index is 4.23. The van der Waals surface area contributed by atoms with Crippen molar-refractivity contribution in [3.63, 3.8) is 0 Å². The zero-order valence-electron chi connectivity index (χ0n) is 8.09. The van der Waals surface area contributed by atoms with Crippen molar-refractivity contribution in [2.24, 2.45) is 5.92 Å². The molecule has 0 aromatic carbocycles. The van der Waals surface area contributed by atoms with Gasteiger partial charge in [-0.15, -0.1) is 5.10 Å². The van der Waals surface area contributed by atoms with Gasteiger partial charge in [0.25, 0.3) is 0 Å². The molecule has 78 valence electrons. The van der Waals surface area contributed by atoms with Crippen LogP contribution >= 0.6 is 15.9 Å². The summed E-state index contributed by atoms with van der Waals surface area (Å²) in [6.07, 6.45) is 4.84. The second-order valence-corrected chi connectivity index (χ2v) is 4.49. The second kappa shape index (κ2) is 4.89. The van der Waals surface area contributed by atoms with Gasteiger partial charge in [-0.05, 0) is 54.2 Å². The van der Waals surface area contributed by atoms with E-state index in [1.54, 1.807) is 0 Å². The van der Waals surface area contributed by atoms with Crippen LogP contribution < -0.4 is 5.32 Å². The Morgan fingerprint density at radius 1 is 1.36 bits per heavy atom. The van der Waals surface area contributed by atoms with Crippen molar-refractivity contribution in [2.45, 2.75) is 25.7 Å².